The highest BCUT2D eigenvalue weighted by atomic mass is 28.4. The van der Waals surface area contributed by atoms with Crippen LogP contribution in [0.1, 0.15) is 16.7 Å². The van der Waals surface area contributed by atoms with Crippen LogP contribution in [0.3, 0.4) is 0 Å². The molecule has 0 N–H and O–H groups in total. The molecule has 5 heteroatoms. The molecule has 0 aromatic heterocycles. The minimum Gasteiger partial charge on any atom is -0.296 e. The maximum atomic E-state index is 18.3. The maximum absolute atomic E-state index is 18.3. The van der Waals surface area contributed by atoms with E-state index in [0.29, 0.717) is 15.6 Å². The van der Waals surface area contributed by atoms with Gasteiger partial charge >= 0.3 is 50.9 Å². The van der Waals surface area contributed by atoms with Crippen LogP contribution in [0, 0.1) is 32.1 Å². The zero-order chi connectivity index (χ0) is 25.4. The summed E-state index contributed by atoms with van der Waals surface area (Å²) in [4.78, 5) is 10.2. The van der Waals surface area contributed by atoms with Gasteiger partial charge in [-0.15, -0.1) is 0 Å². The molecule has 0 aliphatic carbocycles. The second-order valence-corrected chi connectivity index (χ2v) is 20.3. The first-order valence-electron chi connectivity index (χ1n) is 12.3. The lowest BCUT2D eigenvalue weighted by Gasteiger charge is -2.27. The zero-order valence-electron chi connectivity index (χ0n) is 21.5. The summed E-state index contributed by atoms with van der Waals surface area (Å²) in [6.07, 6.45) is 0. The van der Waals surface area contributed by atoms with E-state index in [1.54, 1.807) is 0 Å². The van der Waals surface area contributed by atoms with E-state index in [2.05, 4.69) is 66.8 Å². The van der Waals surface area contributed by atoms with E-state index in [0.717, 1.165) is 16.7 Å². The molecule has 0 aliphatic heterocycles. The highest BCUT2D eigenvalue weighted by Crippen LogP contribution is 2.16. The van der Waals surface area contributed by atoms with Gasteiger partial charge in [0.2, 0.25) is 0 Å². The Morgan fingerprint density at radius 3 is 1.00 bits per heavy atom. The van der Waals surface area contributed by atoms with Gasteiger partial charge in [-0.1, -0.05) is 107 Å². The van der Waals surface area contributed by atoms with Crippen molar-refractivity contribution in [3.05, 3.63) is 89.5 Å². The lowest BCUT2D eigenvalue weighted by atomic mass is 10.2. The first-order chi connectivity index (χ1) is 16.7. The van der Waals surface area contributed by atoms with E-state index in [4.69, 9.17) is 0 Å². The van der Waals surface area contributed by atoms with Gasteiger partial charge in [-0.3, -0.25) is 4.11 Å². The summed E-state index contributed by atoms with van der Waals surface area (Å²) in [6, 6.07) is 23.3. The fourth-order valence-corrected chi connectivity index (χ4v) is 8.51. The maximum Gasteiger partial charge on any atom is 0.370 e. The molecule has 0 aliphatic rings. The first kappa shape index (κ1) is 27.7. The molecule has 3 rings (SSSR count). The Hall–Kier alpha value is -1.92. The Morgan fingerprint density at radius 2 is 0.743 bits per heavy atom. The predicted molar refractivity (Wildman–Crippen MR) is 158 cm³/mol. The largest absolute Gasteiger partial charge is 0.370 e. The highest BCUT2D eigenvalue weighted by molar-refractivity contribution is 7.07. The van der Waals surface area contributed by atoms with E-state index in [-0.39, 0.29) is 0 Å². The summed E-state index contributed by atoms with van der Waals surface area (Å²) in [7, 11) is -3.99. The molecule has 0 nitrogen and oxygen atoms in total. The molecule has 0 saturated carbocycles. The summed E-state index contributed by atoms with van der Waals surface area (Å²) >= 11 is -3.39. The average Bonchev–Trinajstić information content (AvgIpc) is 2.85. The van der Waals surface area contributed by atoms with Crippen molar-refractivity contribution in [1.29, 1.82) is 0 Å². The number of rotatable bonds is 3. The normalized spacial score (nSPS) is 10.0. The summed E-state index contributed by atoms with van der Waals surface area (Å²) < 4.78 is 18.3. The van der Waals surface area contributed by atoms with Crippen molar-refractivity contribution < 1.29 is 4.11 Å². The molecule has 0 unspecified atom stereocenters. The smallest absolute Gasteiger partial charge is 0.296 e. The first-order valence-corrected chi connectivity index (χ1v) is 22.8. The van der Waals surface area contributed by atoms with Crippen molar-refractivity contribution in [2.24, 2.45) is 0 Å². The van der Waals surface area contributed by atoms with Crippen LogP contribution in [0.15, 0.2) is 72.8 Å². The molecule has 0 fully saturated rings. The predicted octanol–water partition coefficient (Wildman–Crippen LogP) is 4.56. The molecule has 0 bridgehead atoms. The lowest BCUT2D eigenvalue weighted by Crippen LogP contribution is -2.66. The monoisotopic (exact) mass is 518 g/mol. The third kappa shape index (κ3) is 7.07. The lowest BCUT2D eigenvalue weighted by molar-refractivity contribution is 0.841. The van der Waals surface area contributed by atoms with Crippen LogP contribution in [0.4, 0.5) is 4.11 Å². The fourth-order valence-electron chi connectivity index (χ4n) is 3.78. The quantitative estimate of drug-likeness (QED) is 0.207. The van der Waals surface area contributed by atoms with E-state index < -0.39 is 50.9 Å². The summed E-state index contributed by atoms with van der Waals surface area (Å²) in [5, 5.41) is 2.07. The van der Waals surface area contributed by atoms with Gasteiger partial charge in [-0.25, -0.2) is 14.3 Å². The van der Waals surface area contributed by atoms with E-state index in [1.165, 1.54) is 0 Å². The molecule has 0 saturated heterocycles. The van der Waals surface area contributed by atoms with Gasteiger partial charge in [0.1, 0.15) is 0 Å². The van der Waals surface area contributed by atoms with Crippen LogP contribution in [-0.2, 0) is 0 Å². The van der Waals surface area contributed by atoms with Crippen LogP contribution in [0.25, 0.3) is 0 Å². The van der Waals surface area contributed by atoms with Gasteiger partial charge in [-0.05, 0) is 33.8 Å². The van der Waals surface area contributed by atoms with Gasteiger partial charge in [0.25, 0.3) is 0 Å². The van der Waals surface area contributed by atoms with Gasteiger partial charge in [0.15, 0.2) is 0 Å². The minimum absolute atomic E-state index is 0.689. The average molecular weight is 519 g/mol. The Labute approximate surface area is 225 Å². The second-order valence-electron chi connectivity index (χ2n) is 9.57. The Morgan fingerprint density at radius 1 is 0.486 bits per heavy atom. The molecule has 170 valence electrons. The molecule has 0 atom stereocenters. The van der Waals surface area contributed by atoms with Gasteiger partial charge in [-0.2, -0.15) is 0 Å². The Bertz CT molecular complexity index is 1210. The molecule has 3 aromatic carbocycles. The van der Waals surface area contributed by atoms with E-state index >= 15 is 4.11 Å². The van der Waals surface area contributed by atoms with Gasteiger partial charge in [0.05, 0.1) is 0 Å². The zero-order valence-corrected chi connectivity index (χ0v) is 26.0. The van der Waals surface area contributed by atoms with Crippen molar-refractivity contribution in [2.75, 3.05) is 0 Å². The second kappa shape index (κ2) is 12.9. The topological polar surface area (TPSA) is 0 Å². The molecule has 0 spiro atoms. The van der Waals surface area contributed by atoms with E-state index in [1.807, 2.05) is 72.8 Å². The molecule has 0 amide bonds. The highest BCUT2D eigenvalue weighted by Gasteiger charge is 2.45. The van der Waals surface area contributed by atoms with Crippen molar-refractivity contribution in [1.82, 2.24) is 0 Å². The number of hydrogen-bond acceptors (Lipinski definition) is 0. The fraction of sp³-hybridized carbons (Fsp3) is 0.200. The number of halogens is 1. The van der Waals surface area contributed by atoms with Crippen molar-refractivity contribution in [3.8, 4) is 32.1 Å². The third-order valence-corrected chi connectivity index (χ3v) is 11.1. The van der Waals surface area contributed by atoms with Crippen LogP contribution >= 0.6 is 0 Å². The summed E-state index contributed by atoms with van der Waals surface area (Å²) in [5.41, 5.74) is 2.35. The molecule has 35 heavy (non-hydrogen) atoms. The molecular formula is C30H30Al3FSi. The molecule has 0 heterocycles. The van der Waals surface area contributed by atoms with Gasteiger partial charge in [0, 0.05) is 16.7 Å². The van der Waals surface area contributed by atoms with Crippen LogP contribution in [0.2, 0.25) is 34.7 Å². The van der Waals surface area contributed by atoms with Crippen LogP contribution < -0.4 is 15.6 Å². The van der Waals surface area contributed by atoms with Crippen molar-refractivity contribution >= 4 is 66.4 Å². The summed E-state index contributed by atoms with van der Waals surface area (Å²) in [5.74, 6) is 23.2. The Balaban J connectivity index is 2.44. The standard InChI is InChI=1S/C24H12FSi.6CH3.3Al/c1-4-19-13-7-10-16-22(19)26(25,23-17-11-8-14-20(23)5-2)24-18-12-9-15-21(24)6-3;;;;;;;;;/h7-18H;6*1H3;;;. The number of benzene rings is 3. The molecule has 0 radical (unpaired) electrons. The summed E-state index contributed by atoms with van der Waals surface area (Å²) in [6.45, 7) is 0. The third-order valence-electron chi connectivity index (χ3n) is 5.38. The SMILES string of the molecule is [CH3][Al]([CH3])[C]#Cc1ccccc1[Si](F)(c1ccccc1C#[C][Al]([CH3])[CH3])c1ccccc1C#[C][Al]([CH3])[CH3]. The molecular weight excluding hydrogens is 488 g/mol. The van der Waals surface area contributed by atoms with E-state index in [9.17, 15) is 0 Å². The van der Waals surface area contributed by atoms with Crippen LogP contribution in [0.5, 0.6) is 0 Å². The van der Waals surface area contributed by atoms with Gasteiger partial charge < -0.3 is 0 Å². The Kier molecular flexibility index (Phi) is 10.2. The minimum atomic E-state index is -3.99. The van der Waals surface area contributed by atoms with Crippen LogP contribution in [-0.4, -0.2) is 50.9 Å². The van der Waals surface area contributed by atoms with Crippen molar-refractivity contribution in [2.45, 2.75) is 34.7 Å². The van der Waals surface area contributed by atoms with Crippen molar-refractivity contribution in [3.63, 3.8) is 0 Å². The molecule has 3 aromatic rings. The number of hydrogen-bond donors (Lipinski definition) is 0.